The Labute approximate surface area is 242 Å². The van der Waals surface area contributed by atoms with Crippen LogP contribution < -0.4 is 0 Å². The zero-order chi connectivity index (χ0) is 28.5. The molecule has 5 rings (SSSR count). The lowest BCUT2D eigenvalue weighted by Crippen LogP contribution is -2.17. The largest absolute Gasteiger partial charge is 0.307 e. The van der Waals surface area contributed by atoms with Crippen molar-refractivity contribution in [2.45, 2.75) is 137 Å². The van der Waals surface area contributed by atoms with Crippen molar-refractivity contribution in [2.75, 3.05) is 0 Å². The van der Waals surface area contributed by atoms with Gasteiger partial charge in [0.1, 0.15) is 6.79 Å². The maximum atomic E-state index is 8.00. The lowest BCUT2D eigenvalue weighted by atomic mass is 9.77. The molecule has 0 saturated heterocycles. The number of benzene rings is 2. The standard InChI is InChI=1S/C21H32.C9H12.C7H14.CH2O/c1-3-4-17-6-8-18(9-7-17)14-19-10-12-20-13-16(2)5-11-21(20)15-19;1-3-9-6-4-8(2)5-7-9;1-2-7-5-3-4-6-7;1-2/h10,12,15-18H,3-9,11,13-14H2,1-2H3;4-7H,3H2,1-2H3;7H,2-6H2,1H3;1H2/t16-,17?,18?;;;/m0.../s1. The van der Waals surface area contributed by atoms with Crippen molar-refractivity contribution >= 4 is 6.79 Å². The van der Waals surface area contributed by atoms with Crippen molar-refractivity contribution in [3.8, 4) is 0 Å². The predicted molar refractivity (Wildman–Crippen MR) is 172 cm³/mol. The summed E-state index contributed by atoms with van der Waals surface area (Å²) in [4.78, 5) is 8.00. The summed E-state index contributed by atoms with van der Waals surface area (Å²) in [5.41, 5.74) is 7.66. The molecule has 1 heteroatoms. The summed E-state index contributed by atoms with van der Waals surface area (Å²) in [6.07, 6.45) is 22.7. The van der Waals surface area contributed by atoms with E-state index in [0.29, 0.717) is 0 Å². The highest BCUT2D eigenvalue weighted by Gasteiger charge is 2.21. The number of rotatable bonds is 6. The molecule has 1 atom stereocenters. The molecule has 2 aromatic carbocycles. The van der Waals surface area contributed by atoms with Crippen LogP contribution in [0.3, 0.4) is 0 Å². The van der Waals surface area contributed by atoms with Crippen LogP contribution in [0.4, 0.5) is 0 Å². The van der Waals surface area contributed by atoms with E-state index in [1.54, 1.807) is 16.7 Å². The van der Waals surface area contributed by atoms with Gasteiger partial charge in [0.05, 0.1) is 0 Å². The summed E-state index contributed by atoms with van der Waals surface area (Å²) in [6.45, 7) is 13.3. The summed E-state index contributed by atoms with van der Waals surface area (Å²) in [5.74, 6) is 3.98. The molecule has 0 amide bonds. The fourth-order valence-corrected chi connectivity index (χ4v) is 6.83. The molecule has 1 nitrogen and oxygen atoms in total. The number of hydrogen-bond donors (Lipinski definition) is 0. The monoisotopic (exact) mass is 532 g/mol. The van der Waals surface area contributed by atoms with Crippen molar-refractivity contribution in [2.24, 2.45) is 23.7 Å². The Hall–Kier alpha value is -1.89. The first-order valence-electron chi connectivity index (χ1n) is 16.5. The van der Waals surface area contributed by atoms with Gasteiger partial charge in [-0.25, -0.2) is 0 Å². The third-order valence-electron chi connectivity index (χ3n) is 9.51. The Morgan fingerprint density at radius 1 is 0.718 bits per heavy atom. The first-order valence-corrected chi connectivity index (χ1v) is 16.5. The Morgan fingerprint density at radius 2 is 1.33 bits per heavy atom. The van der Waals surface area contributed by atoms with Crippen molar-refractivity contribution in [1.82, 2.24) is 0 Å². The van der Waals surface area contributed by atoms with E-state index in [4.69, 9.17) is 4.79 Å². The smallest absolute Gasteiger partial charge is 0.106 e. The van der Waals surface area contributed by atoms with E-state index in [1.807, 2.05) is 6.79 Å². The molecule has 0 aromatic heterocycles. The second-order valence-electron chi connectivity index (χ2n) is 12.7. The topological polar surface area (TPSA) is 17.1 Å². The van der Waals surface area contributed by atoms with Gasteiger partial charge in [0.25, 0.3) is 0 Å². The second-order valence-corrected chi connectivity index (χ2v) is 12.7. The van der Waals surface area contributed by atoms with E-state index in [2.05, 4.69) is 77.1 Å². The van der Waals surface area contributed by atoms with Crippen LogP contribution in [0.5, 0.6) is 0 Å². The van der Waals surface area contributed by atoms with Gasteiger partial charge in [-0.2, -0.15) is 0 Å². The number of carbonyl (C=O) groups excluding carboxylic acids is 1. The molecule has 0 radical (unpaired) electrons. The van der Waals surface area contributed by atoms with Crippen LogP contribution in [0.2, 0.25) is 0 Å². The minimum atomic E-state index is 0.886. The van der Waals surface area contributed by atoms with E-state index in [1.165, 1.54) is 107 Å². The molecule has 2 saturated carbocycles. The molecule has 0 spiro atoms. The Kier molecular flexibility index (Phi) is 16.4. The fraction of sp³-hybridized carbons (Fsp3) is 0.658. The SMILES string of the molecule is C=O.CCC1CCCC1.CCCC1CCC(Cc2ccc3c(c2)CC[C@H](C)C3)CC1.CCc1ccc(C)cc1. The summed E-state index contributed by atoms with van der Waals surface area (Å²) in [5, 5.41) is 0. The van der Waals surface area contributed by atoms with Gasteiger partial charge in [-0.05, 0) is 97.8 Å². The summed E-state index contributed by atoms with van der Waals surface area (Å²) < 4.78 is 0. The lowest BCUT2D eigenvalue weighted by Gasteiger charge is -2.29. The van der Waals surface area contributed by atoms with Crippen LogP contribution in [0.25, 0.3) is 0 Å². The van der Waals surface area contributed by atoms with Crippen molar-refractivity contribution in [3.63, 3.8) is 0 Å². The van der Waals surface area contributed by atoms with Gasteiger partial charge < -0.3 is 4.79 Å². The molecule has 39 heavy (non-hydrogen) atoms. The molecular weight excluding hydrogens is 472 g/mol. The third-order valence-corrected chi connectivity index (χ3v) is 9.51. The zero-order valence-electron chi connectivity index (χ0n) is 26.3. The van der Waals surface area contributed by atoms with Crippen LogP contribution >= 0.6 is 0 Å². The number of fused-ring (bicyclic) bond motifs is 1. The van der Waals surface area contributed by atoms with Gasteiger partial charge in [-0.3, -0.25) is 0 Å². The maximum absolute atomic E-state index is 8.00. The van der Waals surface area contributed by atoms with E-state index >= 15 is 0 Å². The Bertz CT molecular complexity index is 883. The zero-order valence-corrected chi connectivity index (χ0v) is 26.3. The molecule has 0 bridgehead atoms. The molecule has 0 N–H and O–H groups in total. The Balaban J connectivity index is 0.000000243. The summed E-state index contributed by atoms with van der Waals surface area (Å²) in [6, 6.07) is 16.1. The third kappa shape index (κ3) is 12.4. The van der Waals surface area contributed by atoms with Gasteiger partial charge in [-0.1, -0.05) is 134 Å². The molecule has 0 heterocycles. The van der Waals surface area contributed by atoms with Crippen LogP contribution in [0, 0.1) is 30.6 Å². The van der Waals surface area contributed by atoms with E-state index in [9.17, 15) is 0 Å². The molecule has 2 fully saturated rings. The van der Waals surface area contributed by atoms with E-state index in [-0.39, 0.29) is 0 Å². The van der Waals surface area contributed by atoms with E-state index in [0.717, 1.165) is 30.1 Å². The van der Waals surface area contributed by atoms with Gasteiger partial charge in [0, 0.05) is 0 Å². The molecule has 2 aromatic rings. The van der Waals surface area contributed by atoms with Crippen LogP contribution in [-0.4, -0.2) is 6.79 Å². The maximum Gasteiger partial charge on any atom is 0.106 e. The minimum absolute atomic E-state index is 0.886. The molecule has 3 aliphatic carbocycles. The summed E-state index contributed by atoms with van der Waals surface area (Å²) in [7, 11) is 0. The first kappa shape index (κ1) is 33.3. The molecule has 218 valence electrons. The van der Waals surface area contributed by atoms with Crippen molar-refractivity contribution in [1.29, 1.82) is 0 Å². The van der Waals surface area contributed by atoms with Gasteiger partial charge >= 0.3 is 0 Å². The number of aryl methyl sites for hydroxylation is 3. The van der Waals surface area contributed by atoms with Crippen LogP contribution in [0.15, 0.2) is 42.5 Å². The van der Waals surface area contributed by atoms with Gasteiger partial charge in [-0.15, -0.1) is 0 Å². The average Bonchev–Trinajstić information content (AvgIpc) is 3.51. The number of carbonyl (C=O) groups is 1. The first-order chi connectivity index (χ1) is 19.0. The fourth-order valence-electron chi connectivity index (χ4n) is 6.83. The highest BCUT2D eigenvalue weighted by Crippen LogP contribution is 2.34. The second kappa shape index (κ2) is 19.2. The number of hydrogen-bond acceptors (Lipinski definition) is 1. The van der Waals surface area contributed by atoms with Crippen LogP contribution in [-0.2, 0) is 30.5 Å². The normalized spacial score (nSPS) is 22.2. The molecule has 0 aliphatic heterocycles. The highest BCUT2D eigenvalue weighted by molar-refractivity contribution is 5.34. The molecule has 3 aliphatic rings. The van der Waals surface area contributed by atoms with Gasteiger partial charge in [0.15, 0.2) is 0 Å². The van der Waals surface area contributed by atoms with Crippen LogP contribution in [0.1, 0.15) is 133 Å². The minimum Gasteiger partial charge on any atom is -0.307 e. The predicted octanol–water partition coefficient (Wildman–Crippen LogP) is 10.9. The quantitative estimate of drug-likeness (QED) is 0.361. The average molecular weight is 533 g/mol. The van der Waals surface area contributed by atoms with Crippen molar-refractivity contribution in [3.05, 3.63) is 70.3 Å². The van der Waals surface area contributed by atoms with Crippen molar-refractivity contribution < 1.29 is 4.79 Å². The van der Waals surface area contributed by atoms with E-state index < -0.39 is 0 Å². The van der Waals surface area contributed by atoms with Gasteiger partial charge in [0.2, 0.25) is 0 Å². The Morgan fingerprint density at radius 3 is 1.90 bits per heavy atom. The lowest BCUT2D eigenvalue weighted by molar-refractivity contribution is -0.0980. The highest BCUT2D eigenvalue weighted by atomic mass is 16.1. The summed E-state index contributed by atoms with van der Waals surface area (Å²) >= 11 is 0. The molecular formula is C38H60O. The molecule has 0 unspecified atom stereocenters.